The number of amides is 1. The van der Waals surface area contributed by atoms with E-state index in [9.17, 15) is 4.79 Å². The Hall–Kier alpha value is -1.26. The summed E-state index contributed by atoms with van der Waals surface area (Å²) in [5, 5.41) is 0.708. The second-order valence-electron chi connectivity index (χ2n) is 6.30. The largest absolute Gasteiger partial charge is 0.444 e. The van der Waals surface area contributed by atoms with Crippen LogP contribution in [0.5, 0.6) is 0 Å². The van der Waals surface area contributed by atoms with Gasteiger partial charge in [0.1, 0.15) is 5.60 Å². The zero-order valence-corrected chi connectivity index (χ0v) is 13.7. The van der Waals surface area contributed by atoms with Crippen LogP contribution in [0.25, 0.3) is 0 Å². The molecule has 0 radical (unpaired) electrons. The normalized spacial score (nSPS) is 21.9. The van der Waals surface area contributed by atoms with Crippen LogP contribution in [0.4, 0.5) is 4.79 Å². The van der Waals surface area contributed by atoms with Crippen LogP contribution < -0.4 is 0 Å². The van der Waals surface area contributed by atoms with E-state index in [2.05, 4.69) is 0 Å². The van der Waals surface area contributed by atoms with Crippen molar-refractivity contribution in [3.05, 3.63) is 34.9 Å². The smallest absolute Gasteiger partial charge is 0.410 e. The number of methoxy groups -OCH3 is 1. The lowest BCUT2D eigenvalue weighted by molar-refractivity contribution is -0.0871. The van der Waals surface area contributed by atoms with Gasteiger partial charge in [0.15, 0.2) is 0 Å². The number of hydrogen-bond acceptors (Lipinski definition) is 3. The number of likely N-dealkylation sites (tertiary alicyclic amines) is 1. The summed E-state index contributed by atoms with van der Waals surface area (Å²) >= 11 is 5.89. The van der Waals surface area contributed by atoms with Crippen molar-refractivity contribution >= 4 is 17.7 Å². The van der Waals surface area contributed by atoms with E-state index in [1.54, 1.807) is 12.0 Å². The number of carbonyl (C=O) groups excluding carboxylic acids is 1. The third kappa shape index (κ3) is 4.11. The van der Waals surface area contributed by atoms with Crippen molar-refractivity contribution in [2.24, 2.45) is 0 Å². The van der Waals surface area contributed by atoms with E-state index in [-0.39, 0.29) is 18.2 Å². The SMILES string of the molecule is COC1CN(C(=O)OC(C)(C)C)[C@H]1Cc1ccc(Cl)cc1. The zero-order chi connectivity index (χ0) is 15.6. The maximum Gasteiger partial charge on any atom is 0.410 e. The minimum absolute atomic E-state index is 0.00558. The van der Waals surface area contributed by atoms with Gasteiger partial charge in [-0.15, -0.1) is 0 Å². The van der Waals surface area contributed by atoms with E-state index in [1.165, 1.54) is 0 Å². The number of halogens is 1. The molecule has 0 spiro atoms. The monoisotopic (exact) mass is 311 g/mol. The molecule has 5 heteroatoms. The summed E-state index contributed by atoms with van der Waals surface area (Å²) in [6, 6.07) is 7.66. The van der Waals surface area contributed by atoms with Gasteiger partial charge in [-0.25, -0.2) is 4.79 Å². The standard InChI is InChI=1S/C16H22ClNO3/c1-16(2,3)21-15(19)18-10-14(20-4)13(18)9-11-5-7-12(17)8-6-11/h5-8,13-14H,9-10H2,1-4H3/t13-,14?/m0/s1. The van der Waals surface area contributed by atoms with Crippen molar-refractivity contribution in [3.8, 4) is 0 Å². The minimum Gasteiger partial charge on any atom is -0.444 e. The van der Waals surface area contributed by atoms with Gasteiger partial charge in [-0.2, -0.15) is 0 Å². The Morgan fingerprint density at radius 1 is 1.33 bits per heavy atom. The number of rotatable bonds is 3. The third-order valence-corrected chi connectivity index (χ3v) is 3.75. The maximum atomic E-state index is 12.2. The highest BCUT2D eigenvalue weighted by Gasteiger charge is 2.43. The molecule has 0 saturated carbocycles. The number of carbonyl (C=O) groups is 1. The molecule has 2 rings (SSSR count). The molecule has 0 bridgehead atoms. The lowest BCUT2D eigenvalue weighted by atomic mass is 9.92. The van der Waals surface area contributed by atoms with E-state index in [0.29, 0.717) is 11.6 Å². The van der Waals surface area contributed by atoms with Crippen LogP contribution in [0.3, 0.4) is 0 Å². The summed E-state index contributed by atoms with van der Waals surface area (Å²) < 4.78 is 10.9. The van der Waals surface area contributed by atoms with E-state index in [0.717, 1.165) is 12.0 Å². The zero-order valence-electron chi connectivity index (χ0n) is 12.9. The Morgan fingerprint density at radius 3 is 2.48 bits per heavy atom. The molecule has 1 saturated heterocycles. The molecular formula is C16H22ClNO3. The maximum absolute atomic E-state index is 12.2. The average molecular weight is 312 g/mol. The summed E-state index contributed by atoms with van der Waals surface area (Å²) in [7, 11) is 1.67. The molecule has 1 aromatic carbocycles. The number of nitrogens with zero attached hydrogens (tertiary/aromatic N) is 1. The van der Waals surface area contributed by atoms with Gasteiger partial charge in [-0.3, -0.25) is 4.90 Å². The fourth-order valence-electron chi connectivity index (χ4n) is 2.38. The molecule has 21 heavy (non-hydrogen) atoms. The fraction of sp³-hybridized carbons (Fsp3) is 0.562. The van der Waals surface area contributed by atoms with E-state index >= 15 is 0 Å². The molecule has 0 N–H and O–H groups in total. The molecule has 116 valence electrons. The minimum atomic E-state index is -0.486. The van der Waals surface area contributed by atoms with Crippen LogP contribution in [-0.4, -0.2) is 42.4 Å². The van der Waals surface area contributed by atoms with Crippen LogP contribution in [-0.2, 0) is 15.9 Å². The van der Waals surface area contributed by atoms with E-state index in [1.807, 2.05) is 45.0 Å². The van der Waals surface area contributed by atoms with Gasteiger partial charge >= 0.3 is 6.09 Å². The second-order valence-corrected chi connectivity index (χ2v) is 6.74. The van der Waals surface area contributed by atoms with Crippen molar-refractivity contribution in [3.63, 3.8) is 0 Å². The molecule has 0 aliphatic carbocycles. The summed E-state index contributed by atoms with van der Waals surface area (Å²) in [5.74, 6) is 0. The lowest BCUT2D eigenvalue weighted by Crippen LogP contribution is -2.64. The summed E-state index contributed by atoms with van der Waals surface area (Å²) in [6.07, 6.45) is 0.498. The van der Waals surface area contributed by atoms with Crippen molar-refractivity contribution in [1.82, 2.24) is 4.90 Å². The Balaban J connectivity index is 2.03. The first-order valence-corrected chi connectivity index (χ1v) is 7.45. The average Bonchev–Trinajstić information content (AvgIpc) is 2.35. The first kappa shape index (κ1) is 16.1. The predicted octanol–water partition coefficient (Wildman–Crippen LogP) is 3.52. The van der Waals surface area contributed by atoms with Crippen molar-refractivity contribution in [1.29, 1.82) is 0 Å². The first-order chi connectivity index (χ1) is 9.80. The van der Waals surface area contributed by atoms with Gasteiger partial charge in [0.25, 0.3) is 0 Å². The van der Waals surface area contributed by atoms with Crippen molar-refractivity contribution < 1.29 is 14.3 Å². The molecule has 1 unspecified atom stereocenters. The highest BCUT2D eigenvalue weighted by molar-refractivity contribution is 6.30. The molecular weight excluding hydrogens is 290 g/mol. The van der Waals surface area contributed by atoms with Crippen LogP contribution in [0, 0.1) is 0 Å². The van der Waals surface area contributed by atoms with Crippen molar-refractivity contribution in [2.45, 2.75) is 44.9 Å². The van der Waals surface area contributed by atoms with Crippen LogP contribution in [0.2, 0.25) is 5.02 Å². The van der Waals surface area contributed by atoms with Gasteiger partial charge in [-0.1, -0.05) is 23.7 Å². The van der Waals surface area contributed by atoms with E-state index in [4.69, 9.17) is 21.1 Å². The van der Waals surface area contributed by atoms with Gasteiger partial charge in [0.05, 0.1) is 18.7 Å². The Kier molecular flexibility index (Phi) is 4.79. The van der Waals surface area contributed by atoms with Gasteiger partial charge in [0, 0.05) is 12.1 Å². The number of ether oxygens (including phenoxy) is 2. The van der Waals surface area contributed by atoms with Crippen molar-refractivity contribution in [2.75, 3.05) is 13.7 Å². The predicted molar refractivity (Wildman–Crippen MR) is 82.7 cm³/mol. The van der Waals surface area contributed by atoms with Gasteiger partial charge < -0.3 is 9.47 Å². The molecule has 1 fully saturated rings. The Labute approximate surface area is 131 Å². The second kappa shape index (κ2) is 6.24. The molecule has 4 nitrogen and oxygen atoms in total. The highest BCUT2D eigenvalue weighted by Crippen LogP contribution is 2.27. The molecule has 2 atom stereocenters. The first-order valence-electron chi connectivity index (χ1n) is 7.07. The fourth-order valence-corrected chi connectivity index (χ4v) is 2.51. The molecule has 1 aromatic rings. The van der Waals surface area contributed by atoms with Gasteiger partial charge in [-0.05, 0) is 44.9 Å². The van der Waals surface area contributed by atoms with E-state index < -0.39 is 5.60 Å². The highest BCUT2D eigenvalue weighted by atomic mass is 35.5. The summed E-state index contributed by atoms with van der Waals surface area (Å²) in [6.45, 7) is 6.18. The van der Waals surface area contributed by atoms with Crippen LogP contribution >= 0.6 is 11.6 Å². The van der Waals surface area contributed by atoms with Gasteiger partial charge in [0.2, 0.25) is 0 Å². The topological polar surface area (TPSA) is 38.8 Å². The summed E-state index contributed by atoms with van der Waals surface area (Å²) in [4.78, 5) is 13.9. The Morgan fingerprint density at radius 2 is 1.95 bits per heavy atom. The van der Waals surface area contributed by atoms with Crippen LogP contribution in [0.1, 0.15) is 26.3 Å². The number of benzene rings is 1. The number of hydrogen-bond donors (Lipinski definition) is 0. The molecule has 1 aliphatic heterocycles. The third-order valence-electron chi connectivity index (χ3n) is 3.49. The molecule has 1 aliphatic rings. The molecule has 0 aromatic heterocycles. The lowest BCUT2D eigenvalue weighted by Gasteiger charge is -2.47. The van der Waals surface area contributed by atoms with Crippen LogP contribution in [0.15, 0.2) is 24.3 Å². The Bertz CT molecular complexity index is 495. The molecule has 1 heterocycles. The summed E-state index contributed by atoms with van der Waals surface area (Å²) in [5.41, 5.74) is 0.639. The quantitative estimate of drug-likeness (QED) is 0.857. The molecule has 1 amide bonds.